The molecule has 0 spiro atoms. The Labute approximate surface area is 197 Å². The topological polar surface area (TPSA) is 84.7 Å². The first-order chi connectivity index (χ1) is 16.5. The number of nitro benzene ring substituents is 1. The average molecular weight is 477 g/mol. The maximum atomic E-state index is 13.5. The standard InChI is InChI=1S/C25H24N3O5P/c29-28(30)23-12-10-21-22(11-13-24(21)33-34(31,26-14-15-26)27-16-17-27)25(23)32-20-8-6-19(7-9-20)18-4-2-1-3-5-18/h1-10,12,24H,11,13-17H2/t24-/m0/s1. The molecular formula is C25H24N3O5P. The van der Waals surface area contributed by atoms with Gasteiger partial charge in [0.1, 0.15) is 5.75 Å². The summed E-state index contributed by atoms with van der Waals surface area (Å²) in [6.07, 6.45) is 0.815. The van der Waals surface area contributed by atoms with Crippen molar-refractivity contribution in [1.82, 2.24) is 9.34 Å². The molecular weight excluding hydrogens is 453 g/mol. The van der Waals surface area contributed by atoms with E-state index in [0.717, 1.165) is 48.4 Å². The minimum absolute atomic E-state index is 0.0772. The minimum Gasteiger partial charge on any atom is -0.450 e. The number of benzene rings is 3. The third-order valence-electron chi connectivity index (χ3n) is 6.48. The van der Waals surface area contributed by atoms with E-state index >= 15 is 0 Å². The SMILES string of the molecule is O=[N+]([O-])c1ccc2c(c1Oc1ccc(-c3ccccc3)cc1)CC[C@@H]2OP(=O)(N1CC1)N1CC1. The number of nitrogens with zero attached hydrogens (tertiary/aromatic N) is 3. The predicted octanol–water partition coefficient (Wildman–Crippen LogP) is 5.80. The third-order valence-corrected chi connectivity index (χ3v) is 9.24. The van der Waals surface area contributed by atoms with Crippen molar-refractivity contribution in [3.05, 3.63) is 88.0 Å². The van der Waals surface area contributed by atoms with Crippen LogP contribution in [0.3, 0.4) is 0 Å². The predicted molar refractivity (Wildman–Crippen MR) is 128 cm³/mol. The van der Waals surface area contributed by atoms with Gasteiger partial charge in [0.25, 0.3) is 0 Å². The van der Waals surface area contributed by atoms with Gasteiger partial charge in [-0.2, -0.15) is 0 Å². The van der Waals surface area contributed by atoms with Crippen molar-refractivity contribution in [2.75, 3.05) is 26.2 Å². The van der Waals surface area contributed by atoms with Gasteiger partial charge in [0.15, 0.2) is 0 Å². The van der Waals surface area contributed by atoms with Crippen LogP contribution in [0, 0.1) is 10.1 Å². The van der Waals surface area contributed by atoms with Crippen molar-refractivity contribution < 1.29 is 18.7 Å². The molecule has 2 heterocycles. The Bertz CT molecular complexity index is 1270. The molecule has 0 aromatic heterocycles. The first kappa shape index (κ1) is 21.5. The van der Waals surface area contributed by atoms with Crippen LogP contribution < -0.4 is 4.74 Å². The van der Waals surface area contributed by atoms with Crippen LogP contribution in [0.2, 0.25) is 0 Å². The normalized spacial score (nSPS) is 19.6. The van der Waals surface area contributed by atoms with Gasteiger partial charge in [-0.1, -0.05) is 42.5 Å². The lowest BCUT2D eigenvalue weighted by molar-refractivity contribution is -0.385. The number of fused-ring (bicyclic) bond motifs is 1. The van der Waals surface area contributed by atoms with E-state index < -0.39 is 12.6 Å². The van der Waals surface area contributed by atoms with Crippen LogP contribution in [0.15, 0.2) is 66.7 Å². The van der Waals surface area contributed by atoms with Crippen LogP contribution in [0.5, 0.6) is 11.5 Å². The van der Waals surface area contributed by atoms with Gasteiger partial charge in [-0.05, 0) is 47.7 Å². The van der Waals surface area contributed by atoms with Gasteiger partial charge in [0.2, 0.25) is 5.75 Å². The maximum absolute atomic E-state index is 13.5. The van der Waals surface area contributed by atoms with Gasteiger partial charge in [0.05, 0.1) is 11.0 Å². The molecule has 6 rings (SSSR count). The first-order valence-corrected chi connectivity index (χ1v) is 13.0. The Balaban J connectivity index is 1.30. The number of rotatable bonds is 8. The van der Waals surface area contributed by atoms with E-state index in [2.05, 4.69) is 0 Å². The highest BCUT2D eigenvalue weighted by Crippen LogP contribution is 2.64. The van der Waals surface area contributed by atoms with Crippen molar-refractivity contribution in [2.45, 2.75) is 18.9 Å². The van der Waals surface area contributed by atoms with Crippen molar-refractivity contribution in [1.29, 1.82) is 0 Å². The van der Waals surface area contributed by atoms with Crippen LogP contribution in [0.25, 0.3) is 11.1 Å². The molecule has 3 aliphatic rings. The summed E-state index contributed by atoms with van der Waals surface area (Å²) in [5.41, 5.74) is 3.63. The lowest BCUT2D eigenvalue weighted by Crippen LogP contribution is -2.11. The van der Waals surface area contributed by atoms with E-state index in [0.29, 0.717) is 18.6 Å². The zero-order chi connectivity index (χ0) is 23.3. The number of hydrogen-bond acceptors (Lipinski definition) is 5. The van der Waals surface area contributed by atoms with Crippen molar-refractivity contribution in [3.63, 3.8) is 0 Å². The first-order valence-electron chi connectivity index (χ1n) is 11.5. The lowest BCUT2D eigenvalue weighted by atomic mass is 10.1. The second kappa shape index (κ2) is 8.32. The van der Waals surface area contributed by atoms with Crippen LogP contribution in [0.4, 0.5) is 5.69 Å². The van der Waals surface area contributed by atoms with Crippen LogP contribution in [-0.2, 0) is 15.5 Å². The second-order valence-electron chi connectivity index (χ2n) is 8.76. The highest BCUT2D eigenvalue weighted by Gasteiger charge is 2.51. The molecule has 2 fully saturated rings. The quantitative estimate of drug-likeness (QED) is 0.176. The van der Waals surface area contributed by atoms with Gasteiger partial charge < -0.3 is 4.74 Å². The van der Waals surface area contributed by atoms with Gasteiger partial charge in [-0.25, -0.2) is 9.34 Å². The molecule has 34 heavy (non-hydrogen) atoms. The largest absolute Gasteiger partial charge is 0.450 e. The molecule has 0 amide bonds. The van der Waals surface area contributed by atoms with Gasteiger partial charge in [0, 0.05) is 37.8 Å². The molecule has 3 aromatic carbocycles. The number of ether oxygens (including phenoxy) is 1. The summed E-state index contributed by atoms with van der Waals surface area (Å²) in [7, 11) is -3.00. The average Bonchev–Trinajstić information content (AvgIpc) is 3.77. The van der Waals surface area contributed by atoms with E-state index in [1.807, 2.05) is 63.9 Å². The van der Waals surface area contributed by atoms with Crippen molar-refractivity contribution in [2.24, 2.45) is 0 Å². The fourth-order valence-electron chi connectivity index (χ4n) is 4.53. The molecule has 0 bridgehead atoms. The number of nitro groups is 1. The Morgan fingerprint density at radius 3 is 2.15 bits per heavy atom. The fraction of sp³-hybridized carbons (Fsp3) is 0.280. The molecule has 9 heteroatoms. The Morgan fingerprint density at radius 2 is 1.53 bits per heavy atom. The number of hydrogen-bond donors (Lipinski definition) is 0. The highest BCUT2D eigenvalue weighted by atomic mass is 31.2. The zero-order valence-electron chi connectivity index (χ0n) is 18.5. The smallest absolute Gasteiger partial charge is 0.346 e. The van der Waals surface area contributed by atoms with Crippen molar-refractivity contribution in [3.8, 4) is 22.6 Å². The summed E-state index contributed by atoms with van der Waals surface area (Å²) in [5, 5.41) is 11.8. The Hall–Kier alpha value is -3.03. The molecule has 174 valence electrons. The third kappa shape index (κ3) is 3.93. The second-order valence-corrected chi connectivity index (χ2v) is 11.1. The van der Waals surface area contributed by atoms with E-state index in [1.165, 1.54) is 6.07 Å². The molecule has 1 atom stereocenters. The van der Waals surface area contributed by atoms with Crippen LogP contribution >= 0.6 is 7.67 Å². The summed E-state index contributed by atoms with van der Waals surface area (Å²) in [5.74, 6) is 0.772. The minimum atomic E-state index is -3.00. The molecule has 8 nitrogen and oxygen atoms in total. The molecule has 0 saturated carbocycles. The van der Waals surface area contributed by atoms with E-state index in [-0.39, 0.29) is 17.5 Å². The molecule has 1 aliphatic carbocycles. The molecule has 2 aliphatic heterocycles. The molecule has 3 aromatic rings. The van der Waals surface area contributed by atoms with Crippen molar-refractivity contribution >= 4 is 13.4 Å². The Kier molecular flexibility index (Phi) is 5.26. The Morgan fingerprint density at radius 1 is 0.882 bits per heavy atom. The zero-order valence-corrected chi connectivity index (χ0v) is 19.4. The molecule has 0 unspecified atom stereocenters. The lowest BCUT2D eigenvalue weighted by Gasteiger charge is -2.24. The summed E-state index contributed by atoms with van der Waals surface area (Å²) in [6, 6.07) is 20.7. The van der Waals surface area contributed by atoms with Gasteiger partial charge in [-0.3, -0.25) is 19.2 Å². The summed E-state index contributed by atoms with van der Waals surface area (Å²) in [6.45, 7) is 3.11. The summed E-state index contributed by atoms with van der Waals surface area (Å²) < 4.78 is 29.6. The maximum Gasteiger partial charge on any atom is 0.346 e. The highest BCUT2D eigenvalue weighted by molar-refractivity contribution is 7.54. The van der Waals surface area contributed by atoms with E-state index in [9.17, 15) is 14.7 Å². The molecule has 2 saturated heterocycles. The van der Waals surface area contributed by atoms with E-state index in [4.69, 9.17) is 9.26 Å². The monoisotopic (exact) mass is 477 g/mol. The van der Waals surface area contributed by atoms with Crippen LogP contribution in [0.1, 0.15) is 23.7 Å². The van der Waals surface area contributed by atoms with Gasteiger partial charge >= 0.3 is 13.4 Å². The molecule has 0 radical (unpaired) electrons. The van der Waals surface area contributed by atoms with Gasteiger partial charge in [-0.15, -0.1) is 0 Å². The summed E-state index contributed by atoms with van der Waals surface area (Å²) in [4.78, 5) is 11.4. The fourth-order valence-corrected chi connectivity index (χ4v) is 6.89. The summed E-state index contributed by atoms with van der Waals surface area (Å²) >= 11 is 0. The van der Waals surface area contributed by atoms with E-state index in [1.54, 1.807) is 6.07 Å². The van der Waals surface area contributed by atoms with Crippen LogP contribution in [-0.4, -0.2) is 40.4 Å². The molecule has 0 N–H and O–H groups in total.